The number of benzene rings is 1. The normalized spacial score (nSPS) is 30.0. The van der Waals surface area contributed by atoms with Crippen LogP contribution in [0.15, 0.2) is 18.2 Å². The Balaban J connectivity index is 1.89. The number of imidazole rings is 1. The topological polar surface area (TPSA) is 21.1 Å². The number of piperidine rings is 3. The average Bonchev–Trinajstić information content (AvgIpc) is 2.87. The molecule has 0 radical (unpaired) electrons. The van der Waals surface area contributed by atoms with Crippen molar-refractivity contribution in [3.8, 4) is 0 Å². The standard InChI is InChI=1S/C17H22ClN3/c1-11-3-4-14-15(9-11)21(17(19-14)12(2)18)16-10-20-7-5-13(16)6-8-20/h3-4,9,12-13,16H,5-8,10H2,1-2H3. The zero-order valence-corrected chi connectivity index (χ0v) is 13.5. The van der Waals surface area contributed by atoms with Crippen LogP contribution in [0.2, 0.25) is 0 Å². The molecule has 2 bridgehead atoms. The highest BCUT2D eigenvalue weighted by Crippen LogP contribution is 2.39. The van der Waals surface area contributed by atoms with E-state index in [1.165, 1.54) is 37.0 Å². The molecule has 1 aromatic heterocycles. The lowest BCUT2D eigenvalue weighted by Crippen LogP contribution is -2.48. The number of fused-ring (bicyclic) bond motifs is 4. The molecule has 2 unspecified atom stereocenters. The van der Waals surface area contributed by atoms with Gasteiger partial charge in [0.15, 0.2) is 0 Å². The van der Waals surface area contributed by atoms with Crippen molar-refractivity contribution in [2.75, 3.05) is 19.6 Å². The van der Waals surface area contributed by atoms with Crippen LogP contribution in [0.4, 0.5) is 0 Å². The lowest BCUT2D eigenvalue weighted by molar-refractivity contribution is 0.0575. The van der Waals surface area contributed by atoms with Gasteiger partial charge in [-0.3, -0.25) is 0 Å². The molecule has 1 aromatic carbocycles. The maximum Gasteiger partial charge on any atom is 0.128 e. The Bertz CT molecular complexity index is 668. The molecule has 3 saturated heterocycles. The van der Waals surface area contributed by atoms with Gasteiger partial charge in [-0.2, -0.15) is 0 Å². The van der Waals surface area contributed by atoms with Gasteiger partial charge in [0.2, 0.25) is 0 Å². The van der Waals surface area contributed by atoms with E-state index in [2.05, 4.69) is 34.6 Å². The van der Waals surface area contributed by atoms with Crippen LogP contribution < -0.4 is 0 Å². The Hall–Kier alpha value is -1.06. The number of aryl methyl sites for hydroxylation is 1. The van der Waals surface area contributed by atoms with Crippen LogP contribution in [0.3, 0.4) is 0 Å². The first-order valence-electron chi connectivity index (χ1n) is 7.98. The van der Waals surface area contributed by atoms with Gasteiger partial charge in [-0.25, -0.2) is 4.98 Å². The Labute approximate surface area is 130 Å². The Morgan fingerprint density at radius 3 is 2.67 bits per heavy atom. The van der Waals surface area contributed by atoms with E-state index in [0.29, 0.717) is 6.04 Å². The second-order valence-corrected chi connectivity index (χ2v) is 7.31. The maximum absolute atomic E-state index is 6.44. The molecule has 3 aliphatic heterocycles. The quantitative estimate of drug-likeness (QED) is 0.784. The Morgan fingerprint density at radius 1 is 1.29 bits per heavy atom. The third-order valence-electron chi connectivity index (χ3n) is 5.18. The smallest absolute Gasteiger partial charge is 0.128 e. The minimum absolute atomic E-state index is 0.0480. The highest BCUT2D eigenvalue weighted by Gasteiger charge is 2.37. The molecule has 3 aliphatic rings. The largest absolute Gasteiger partial charge is 0.322 e. The van der Waals surface area contributed by atoms with Crippen molar-refractivity contribution in [1.29, 1.82) is 0 Å². The zero-order chi connectivity index (χ0) is 14.6. The highest BCUT2D eigenvalue weighted by atomic mass is 35.5. The summed E-state index contributed by atoms with van der Waals surface area (Å²) in [6.45, 7) is 7.86. The minimum atomic E-state index is -0.0480. The number of hydrogen-bond acceptors (Lipinski definition) is 2. The predicted molar refractivity (Wildman–Crippen MR) is 86.9 cm³/mol. The molecule has 3 fully saturated rings. The van der Waals surface area contributed by atoms with Crippen molar-refractivity contribution in [2.24, 2.45) is 5.92 Å². The first-order valence-corrected chi connectivity index (χ1v) is 8.42. The summed E-state index contributed by atoms with van der Waals surface area (Å²) >= 11 is 6.44. The molecule has 0 amide bonds. The molecule has 2 atom stereocenters. The molecule has 112 valence electrons. The molecule has 4 heteroatoms. The first-order chi connectivity index (χ1) is 10.1. The van der Waals surface area contributed by atoms with Gasteiger partial charge in [0.25, 0.3) is 0 Å². The van der Waals surface area contributed by atoms with Crippen molar-refractivity contribution in [3.05, 3.63) is 29.6 Å². The van der Waals surface area contributed by atoms with Crippen LogP contribution in [0, 0.1) is 12.8 Å². The van der Waals surface area contributed by atoms with Crippen molar-refractivity contribution in [3.63, 3.8) is 0 Å². The fourth-order valence-electron chi connectivity index (χ4n) is 4.08. The average molecular weight is 304 g/mol. The van der Waals surface area contributed by atoms with Crippen molar-refractivity contribution in [1.82, 2.24) is 14.5 Å². The number of aromatic nitrogens is 2. The summed E-state index contributed by atoms with van der Waals surface area (Å²) in [6, 6.07) is 7.07. The molecule has 5 rings (SSSR count). The van der Waals surface area contributed by atoms with E-state index < -0.39 is 0 Å². The molecular weight excluding hydrogens is 282 g/mol. The van der Waals surface area contributed by atoms with Gasteiger partial charge >= 0.3 is 0 Å². The van der Waals surface area contributed by atoms with Gasteiger partial charge < -0.3 is 9.47 Å². The Kier molecular flexibility index (Phi) is 3.23. The molecular formula is C17H22ClN3. The third-order valence-corrected chi connectivity index (χ3v) is 5.38. The molecule has 2 aromatic rings. The lowest BCUT2D eigenvalue weighted by Gasteiger charge is -2.46. The first kappa shape index (κ1) is 13.6. The monoisotopic (exact) mass is 303 g/mol. The summed E-state index contributed by atoms with van der Waals surface area (Å²) in [5, 5.41) is -0.0480. The fraction of sp³-hybridized carbons (Fsp3) is 0.588. The van der Waals surface area contributed by atoms with Crippen molar-refractivity contribution < 1.29 is 0 Å². The van der Waals surface area contributed by atoms with Crippen LogP contribution in [-0.2, 0) is 0 Å². The van der Waals surface area contributed by atoms with Gasteiger partial charge in [0.1, 0.15) is 5.82 Å². The van der Waals surface area contributed by atoms with E-state index >= 15 is 0 Å². The van der Waals surface area contributed by atoms with E-state index in [1.807, 2.05) is 6.92 Å². The predicted octanol–water partition coefficient (Wildman–Crippen LogP) is 3.91. The fourth-order valence-corrected chi connectivity index (χ4v) is 4.23. The van der Waals surface area contributed by atoms with Crippen molar-refractivity contribution in [2.45, 2.75) is 38.1 Å². The Morgan fingerprint density at radius 2 is 2.05 bits per heavy atom. The molecule has 21 heavy (non-hydrogen) atoms. The SMILES string of the molecule is Cc1ccc2nc(C(C)Cl)n(C3CN4CCC3CC4)c2c1. The van der Waals surface area contributed by atoms with Crippen LogP contribution in [0.1, 0.15) is 42.6 Å². The summed E-state index contributed by atoms with van der Waals surface area (Å²) in [4.78, 5) is 7.42. The molecule has 0 saturated carbocycles. The number of alkyl halides is 1. The van der Waals surface area contributed by atoms with E-state index in [0.717, 1.165) is 23.8 Å². The van der Waals surface area contributed by atoms with Gasteiger partial charge in [0, 0.05) is 6.54 Å². The van der Waals surface area contributed by atoms with Gasteiger partial charge in [-0.1, -0.05) is 6.07 Å². The minimum Gasteiger partial charge on any atom is -0.322 e. The maximum atomic E-state index is 6.44. The van der Waals surface area contributed by atoms with Gasteiger partial charge in [-0.15, -0.1) is 11.6 Å². The summed E-state index contributed by atoms with van der Waals surface area (Å²) in [5.74, 6) is 1.82. The zero-order valence-electron chi connectivity index (χ0n) is 12.7. The summed E-state index contributed by atoms with van der Waals surface area (Å²) in [6.07, 6.45) is 2.62. The lowest BCUT2D eigenvalue weighted by atomic mass is 9.83. The van der Waals surface area contributed by atoms with E-state index in [4.69, 9.17) is 16.6 Å². The summed E-state index contributed by atoms with van der Waals surface area (Å²) < 4.78 is 2.45. The van der Waals surface area contributed by atoms with Crippen LogP contribution in [-0.4, -0.2) is 34.1 Å². The van der Waals surface area contributed by atoms with Gasteiger partial charge in [0.05, 0.1) is 22.5 Å². The van der Waals surface area contributed by atoms with Crippen LogP contribution in [0.25, 0.3) is 11.0 Å². The number of nitrogens with zero attached hydrogens (tertiary/aromatic N) is 3. The summed E-state index contributed by atoms with van der Waals surface area (Å²) in [7, 11) is 0. The second-order valence-electron chi connectivity index (χ2n) is 6.65. The highest BCUT2D eigenvalue weighted by molar-refractivity contribution is 6.20. The van der Waals surface area contributed by atoms with E-state index in [-0.39, 0.29) is 5.38 Å². The van der Waals surface area contributed by atoms with Gasteiger partial charge in [-0.05, 0) is 63.4 Å². The van der Waals surface area contributed by atoms with E-state index in [1.54, 1.807) is 0 Å². The van der Waals surface area contributed by atoms with E-state index in [9.17, 15) is 0 Å². The van der Waals surface area contributed by atoms with Crippen LogP contribution in [0.5, 0.6) is 0 Å². The summed E-state index contributed by atoms with van der Waals surface area (Å²) in [5.41, 5.74) is 3.63. The molecule has 0 aliphatic carbocycles. The number of hydrogen-bond donors (Lipinski definition) is 0. The number of halogens is 1. The molecule has 4 heterocycles. The number of rotatable bonds is 2. The molecule has 3 nitrogen and oxygen atoms in total. The molecule has 0 N–H and O–H groups in total. The third kappa shape index (κ3) is 2.18. The van der Waals surface area contributed by atoms with Crippen LogP contribution >= 0.6 is 11.6 Å². The van der Waals surface area contributed by atoms with Crippen molar-refractivity contribution >= 4 is 22.6 Å². The second kappa shape index (κ2) is 4.99. The molecule has 0 spiro atoms.